The van der Waals surface area contributed by atoms with Crippen LogP contribution in [0.1, 0.15) is 17.3 Å². The standard InChI is InChI=1S/C20H19N5O2S/c1-3-27-19(26)14-5-4-6-15(11-14)23-18-17(24-20-21-12-22-25(18)20)13-7-9-16(28-2)10-8-13/h4-12,23H,3H2,1-2H3,(H,21,22,24). The topological polar surface area (TPSA) is 84.3 Å². The second-order valence-electron chi connectivity index (χ2n) is 5.99. The highest BCUT2D eigenvalue weighted by molar-refractivity contribution is 7.98. The molecular weight excluding hydrogens is 374 g/mol. The lowest BCUT2D eigenvalue weighted by Gasteiger charge is -2.10. The largest absolute Gasteiger partial charge is 0.462 e. The zero-order chi connectivity index (χ0) is 19.5. The second kappa shape index (κ2) is 7.77. The third-order valence-electron chi connectivity index (χ3n) is 4.23. The van der Waals surface area contributed by atoms with Crippen LogP contribution in [0.5, 0.6) is 0 Å². The van der Waals surface area contributed by atoms with Gasteiger partial charge in [0, 0.05) is 16.1 Å². The molecular formula is C20H19N5O2S. The number of anilines is 2. The zero-order valence-corrected chi connectivity index (χ0v) is 16.3. The van der Waals surface area contributed by atoms with E-state index < -0.39 is 0 Å². The minimum absolute atomic E-state index is 0.337. The Kier molecular flexibility index (Phi) is 5.03. The average molecular weight is 393 g/mol. The lowest BCUT2D eigenvalue weighted by Crippen LogP contribution is -2.05. The monoisotopic (exact) mass is 393 g/mol. The van der Waals surface area contributed by atoms with Crippen molar-refractivity contribution in [2.24, 2.45) is 0 Å². The van der Waals surface area contributed by atoms with E-state index in [0.717, 1.165) is 22.8 Å². The summed E-state index contributed by atoms with van der Waals surface area (Å²) >= 11 is 1.69. The number of aromatic amines is 1. The van der Waals surface area contributed by atoms with E-state index in [9.17, 15) is 4.79 Å². The number of H-pyrrole nitrogens is 1. The molecule has 4 aromatic rings. The number of nitrogens with one attached hydrogen (secondary N) is 2. The van der Waals surface area contributed by atoms with Gasteiger partial charge in [0.25, 0.3) is 5.78 Å². The van der Waals surface area contributed by atoms with Gasteiger partial charge in [-0.15, -0.1) is 11.8 Å². The molecule has 0 atom stereocenters. The number of hydrogen-bond donors (Lipinski definition) is 2. The number of thioether (sulfide) groups is 1. The van der Waals surface area contributed by atoms with Crippen molar-refractivity contribution >= 4 is 35.0 Å². The van der Waals surface area contributed by atoms with Crippen molar-refractivity contribution in [2.45, 2.75) is 11.8 Å². The maximum Gasteiger partial charge on any atom is 0.338 e. The van der Waals surface area contributed by atoms with E-state index in [1.165, 1.54) is 4.90 Å². The normalized spacial score (nSPS) is 10.9. The van der Waals surface area contributed by atoms with Crippen molar-refractivity contribution in [3.05, 3.63) is 60.4 Å². The van der Waals surface area contributed by atoms with Crippen LogP contribution in [0.4, 0.5) is 11.5 Å². The summed E-state index contributed by atoms with van der Waals surface area (Å²) in [6.45, 7) is 2.12. The average Bonchev–Trinajstić information content (AvgIpc) is 3.31. The number of carbonyl (C=O) groups is 1. The first kappa shape index (κ1) is 18.1. The number of ether oxygens (including phenoxy) is 1. The summed E-state index contributed by atoms with van der Waals surface area (Å²) in [5.41, 5.74) is 2.99. The van der Waals surface area contributed by atoms with Crippen LogP contribution < -0.4 is 5.32 Å². The Balaban J connectivity index is 1.73. The number of carbonyl (C=O) groups excluding carboxylic acids is 1. The van der Waals surface area contributed by atoms with Gasteiger partial charge in [0.05, 0.1) is 12.2 Å². The van der Waals surface area contributed by atoms with Gasteiger partial charge < -0.3 is 10.1 Å². The first-order chi connectivity index (χ1) is 13.7. The molecule has 2 N–H and O–H groups in total. The fourth-order valence-electron chi connectivity index (χ4n) is 2.90. The van der Waals surface area contributed by atoms with E-state index in [-0.39, 0.29) is 5.97 Å². The van der Waals surface area contributed by atoms with Gasteiger partial charge in [0.2, 0.25) is 0 Å². The van der Waals surface area contributed by atoms with E-state index in [2.05, 4.69) is 32.5 Å². The molecule has 2 aromatic carbocycles. The van der Waals surface area contributed by atoms with Crippen LogP contribution in [0.3, 0.4) is 0 Å². The van der Waals surface area contributed by atoms with Gasteiger partial charge in [0.15, 0.2) is 5.82 Å². The van der Waals surface area contributed by atoms with Crippen LogP contribution in [-0.4, -0.2) is 38.4 Å². The van der Waals surface area contributed by atoms with Crippen LogP contribution in [0.2, 0.25) is 0 Å². The van der Waals surface area contributed by atoms with Gasteiger partial charge in [-0.2, -0.15) is 0 Å². The molecule has 2 heterocycles. The molecule has 0 aliphatic carbocycles. The molecule has 0 aliphatic rings. The van der Waals surface area contributed by atoms with Crippen molar-refractivity contribution < 1.29 is 9.53 Å². The van der Waals surface area contributed by atoms with Crippen molar-refractivity contribution in [1.82, 2.24) is 19.6 Å². The summed E-state index contributed by atoms with van der Waals surface area (Å²) in [5, 5.41) is 6.43. The number of rotatable bonds is 6. The van der Waals surface area contributed by atoms with Gasteiger partial charge in [-0.3, -0.25) is 5.10 Å². The number of fused-ring (bicyclic) bond motifs is 1. The quantitative estimate of drug-likeness (QED) is 0.374. The summed E-state index contributed by atoms with van der Waals surface area (Å²) in [6, 6.07) is 15.4. The number of esters is 1. The van der Waals surface area contributed by atoms with E-state index >= 15 is 0 Å². The van der Waals surface area contributed by atoms with E-state index in [1.807, 2.05) is 30.5 Å². The van der Waals surface area contributed by atoms with Crippen molar-refractivity contribution in [2.75, 3.05) is 18.2 Å². The number of hydrogen-bond acceptors (Lipinski definition) is 6. The molecule has 8 heteroatoms. The van der Waals surface area contributed by atoms with Crippen LogP contribution in [0.25, 0.3) is 17.0 Å². The first-order valence-corrected chi connectivity index (χ1v) is 10.0. The van der Waals surface area contributed by atoms with Gasteiger partial charge in [-0.1, -0.05) is 18.2 Å². The summed E-state index contributed by atoms with van der Waals surface area (Å²) in [6.07, 6.45) is 3.63. The predicted molar refractivity (Wildman–Crippen MR) is 110 cm³/mol. The van der Waals surface area contributed by atoms with Crippen molar-refractivity contribution in [1.29, 1.82) is 0 Å². The molecule has 28 heavy (non-hydrogen) atoms. The lowest BCUT2D eigenvalue weighted by molar-refractivity contribution is 0.0526. The van der Waals surface area contributed by atoms with Gasteiger partial charge in [0.1, 0.15) is 12.0 Å². The van der Waals surface area contributed by atoms with E-state index in [0.29, 0.717) is 17.9 Å². The Bertz CT molecular complexity index is 1120. The minimum atomic E-state index is -0.348. The molecule has 4 rings (SSSR count). The Morgan fingerprint density at radius 1 is 1.25 bits per heavy atom. The zero-order valence-electron chi connectivity index (χ0n) is 15.5. The molecule has 0 aliphatic heterocycles. The Morgan fingerprint density at radius 3 is 2.82 bits per heavy atom. The third-order valence-corrected chi connectivity index (χ3v) is 4.97. The molecule has 142 valence electrons. The number of aromatic nitrogens is 4. The number of benzene rings is 2. The van der Waals surface area contributed by atoms with Crippen LogP contribution in [0.15, 0.2) is 59.8 Å². The second-order valence-corrected chi connectivity index (χ2v) is 6.87. The Labute approximate surface area is 166 Å². The predicted octanol–water partition coefficient (Wildman–Crippen LogP) is 4.37. The number of imidazole rings is 1. The fourth-order valence-corrected chi connectivity index (χ4v) is 3.31. The summed E-state index contributed by atoms with van der Waals surface area (Å²) in [5.74, 6) is 0.956. The van der Waals surface area contributed by atoms with E-state index in [4.69, 9.17) is 4.74 Å². The highest BCUT2D eigenvalue weighted by Gasteiger charge is 2.17. The highest BCUT2D eigenvalue weighted by Crippen LogP contribution is 2.31. The van der Waals surface area contributed by atoms with Crippen LogP contribution in [0, 0.1) is 0 Å². The molecule has 2 aromatic heterocycles. The summed E-state index contributed by atoms with van der Waals surface area (Å²) < 4.78 is 6.86. The van der Waals surface area contributed by atoms with Crippen molar-refractivity contribution in [3.63, 3.8) is 0 Å². The summed E-state index contributed by atoms with van der Waals surface area (Å²) in [7, 11) is 0. The third kappa shape index (κ3) is 3.46. The van der Waals surface area contributed by atoms with Crippen LogP contribution in [-0.2, 0) is 4.74 Å². The molecule has 0 fully saturated rings. The molecule has 0 bridgehead atoms. The molecule has 7 nitrogen and oxygen atoms in total. The first-order valence-electron chi connectivity index (χ1n) is 8.80. The molecule has 0 radical (unpaired) electrons. The maximum absolute atomic E-state index is 12.0. The van der Waals surface area contributed by atoms with Gasteiger partial charge in [-0.05, 0) is 43.5 Å². The van der Waals surface area contributed by atoms with E-state index in [1.54, 1.807) is 41.7 Å². The SMILES string of the molecule is CCOC(=O)c1cccc(Nc2c(-c3ccc(SC)cc3)nc3nc[nH]n23)c1. The minimum Gasteiger partial charge on any atom is -0.462 e. The molecule has 0 saturated heterocycles. The molecule has 0 unspecified atom stereocenters. The molecule has 0 spiro atoms. The van der Waals surface area contributed by atoms with Crippen LogP contribution >= 0.6 is 11.8 Å². The number of nitrogens with zero attached hydrogens (tertiary/aromatic N) is 3. The Hall–Kier alpha value is -3.26. The molecule has 0 saturated carbocycles. The maximum atomic E-state index is 12.0. The molecule has 0 amide bonds. The van der Waals surface area contributed by atoms with Gasteiger partial charge >= 0.3 is 5.97 Å². The lowest BCUT2D eigenvalue weighted by atomic mass is 10.1. The fraction of sp³-hybridized carbons (Fsp3) is 0.150. The van der Waals surface area contributed by atoms with Crippen molar-refractivity contribution in [3.8, 4) is 11.3 Å². The smallest absolute Gasteiger partial charge is 0.338 e. The highest BCUT2D eigenvalue weighted by atomic mass is 32.2. The summed E-state index contributed by atoms with van der Waals surface area (Å²) in [4.78, 5) is 22.1. The Morgan fingerprint density at radius 2 is 2.07 bits per heavy atom. The van der Waals surface area contributed by atoms with Gasteiger partial charge in [-0.25, -0.2) is 19.3 Å².